The van der Waals surface area contributed by atoms with Gasteiger partial charge in [-0.1, -0.05) is 19.1 Å². The van der Waals surface area contributed by atoms with Crippen LogP contribution in [-0.2, 0) is 17.8 Å². The molecule has 0 fully saturated rings. The second kappa shape index (κ2) is 6.64. The normalized spacial score (nSPS) is 10.4. The van der Waals surface area contributed by atoms with Crippen molar-refractivity contribution < 1.29 is 19.5 Å². The van der Waals surface area contributed by atoms with Gasteiger partial charge in [0.2, 0.25) is 5.91 Å². The lowest BCUT2D eigenvalue weighted by Gasteiger charge is -2.09. The number of nitrogens with one attached hydrogen (secondary N) is 2. The Bertz CT molecular complexity index is 523. The van der Waals surface area contributed by atoms with E-state index < -0.39 is 17.9 Å². The molecule has 0 saturated heterocycles. The number of carbonyl (C=O) groups is 3. The number of carbonyl (C=O) groups excluding carboxylic acids is 2. The van der Waals surface area contributed by atoms with Gasteiger partial charge in [-0.05, 0) is 12.3 Å². The Kier molecular flexibility index (Phi) is 5.18. The molecule has 110 valence electrons. The highest BCUT2D eigenvalue weighted by molar-refractivity contribution is 5.94. The molecule has 0 aliphatic carbocycles. The summed E-state index contributed by atoms with van der Waals surface area (Å²) in [4.78, 5) is 33.6. The van der Waals surface area contributed by atoms with E-state index in [9.17, 15) is 14.4 Å². The number of nitrogens with zero attached hydrogens (tertiary/aromatic N) is 3. The average molecular weight is 283 g/mol. The lowest BCUT2D eigenvalue weighted by atomic mass is 10.1. The van der Waals surface area contributed by atoms with E-state index in [4.69, 9.17) is 5.11 Å². The highest BCUT2D eigenvalue weighted by Crippen LogP contribution is 2.11. The van der Waals surface area contributed by atoms with Crippen LogP contribution >= 0.6 is 0 Å². The molecule has 9 nitrogen and oxygen atoms in total. The molecule has 0 atom stereocenters. The molecule has 0 aromatic carbocycles. The van der Waals surface area contributed by atoms with E-state index in [1.165, 1.54) is 11.7 Å². The van der Waals surface area contributed by atoms with Crippen LogP contribution in [0.1, 0.15) is 30.0 Å². The summed E-state index contributed by atoms with van der Waals surface area (Å²) in [6.07, 6.45) is 0.419. The first kappa shape index (κ1) is 15.6. The summed E-state index contributed by atoms with van der Waals surface area (Å²) in [7, 11) is 1.38. The molecule has 3 N–H and O–H groups in total. The zero-order chi connectivity index (χ0) is 15.3. The summed E-state index contributed by atoms with van der Waals surface area (Å²) in [6, 6.07) is -0.640. The van der Waals surface area contributed by atoms with Crippen LogP contribution in [0.3, 0.4) is 0 Å². The number of carboxylic acids is 1. The predicted octanol–water partition coefficient (Wildman–Crippen LogP) is -0.370. The van der Waals surface area contributed by atoms with Crippen molar-refractivity contribution in [1.29, 1.82) is 0 Å². The summed E-state index contributed by atoms with van der Waals surface area (Å²) >= 11 is 0. The number of hydrogen-bond acceptors (Lipinski definition) is 5. The third-order valence-corrected chi connectivity index (χ3v) is 2.42. The largest absolute Gasteiger partial charge is 0.476 e. The van der Waals surface area contributed by atoms with Gasteiger partial charge in [0.1, 0.15) is 6.54 Å². The van der Waals surface area contributed by atoms with Crippen molar-refractivity contribution in [3.05, 3.63) is 11.4 Å². The van der Waals surface area contributed by atoms with Crippen LogP contribution in [-0.4, -0.2) is 45.1 Å². The maximum absolute atomic E-state index is 11.6. The second-order valence-electron chi connectivity index (χ2n) is 4.57. The average Bonchev–Trinajstić information content (AvgIpc) is 2.71. The molecule has 3 amide bonds. The molecule has 0 saturated carbocycles. The third-order valence-electron chi connectivity index (χ3n) is 2.42. The van der Waals surface area contributed by atoms with E-state index in [2.05, 4.69) is 20.9 Å². The summed E-state index contributed by atoms with van der Waals surface area (Å²) in [5, 5.41) is 20.6. The molecular weight excluding hydrogens is 266 g/mol. The minimum atomic E-state index is -1.20. The lowest BCUT2D eigenvalue weighted by molar-refractivity contribution is -0.120. The number of aromatic nitrogens is 3. The molecule has 0 unspecified atom stereocenters. The topological polar surface area (TPSA) is 126 Å². The highest BCUT2D eigenvalue weighted by Gasteiger charge is 2.21. The van der Waals surface area contributed by atoms with Crippen LogP contribution in [0.4, 0.5) is 4.79 Å². The van der Waals surface area contributed by atoms with Gasteiger partial charge in [0, 0.05) is 7.05 Å². The zero-order valence-electron chi connectivity index (χ0n) is 11.5. The fraction of sp³-hybridized carbons (Fsp3) is 0.545. The molecule has 20 heavy (non-hydrogen) atoms. The van der Waals surface area contributed by atoms with Gasteiger partial charge in [-0.3, -0.25) is 10.1 Å². The van der Waals surface area contributed by atoms with Gasteiger partial charge >= 0.3 is 12.0 Å². The molecule has 1 aromatic rings. The number of carboxylic acid groups (broad SMARTS) is 1. The highest BCUT2D eigenvalue weighted by atomic mass is 16.4. The van der Waals surface area contributed by atoms with Gasteiger partial charge in [0.15, 0.2) is 5.69 Å². The van der Waals surface area contributed by atoms with E-state index in [0.29, 0.717) is 12.1 Å². The number of imide groups is 1. The van der Waals surface area contributed by atoms with Crippen LogP contribution in [0, 0.1) is 5.92 Å². The van der Waals surface area contributed by atoms with Gasteiger partial charge in [-0.15, -0.1) is 5.10 Å². The summed E-state index contributed by atoms with van der Waals surface area (Å²) in [5.41, 5.74) is 0.186. The van der Waals surface area contributed by atoms with Crippen molar-refractivity contribution in [1.82, 2.24) is 25.6 Å². The molecule has 0 aliphatic heterocycles. The van der Waals surface area contributed by atoms with Crippen LogP contribution < -0.4 is 10.6 Å². The maximum atomic E-state index is 11.6. The van der Waals surface area contributed by atoms with Gasteiger partial charge in [-0.25, -0.2) is 14.3 Å². The Morgan fingerprint density at radius 3 is 2.50 bits per heavy atom. The molecule has 0 aliphatic rings. The van der Waals surface area contributed by atoms with Crippen LogP contribution in [0.15, 0.2) is 0 Å². The van der Waals surface area contributed by atoms with Gasteiger partial charge in [0.05, 0.1) is 5.69 Å². The Morgan fingerprint density at radius 2 is 2.00 bits per heavy atom. The summed E-state index contributed by atoms with van der Waals surface area (Å²) < 4.78 is 1.20. The fourth-order valence-electron chi connectivity index (χ4n) is 1.58. The van der Waals surface area contributed by atoms with Crippen molar-refractivity contribution >= 4 is 17.9 Å². The quantitative estimate of drug-likeness (QED) is 0.676. The van der Waals surface area contributed by atoms with E-state index in [-0.39, 0.29) is 18.2 Å². The van der Waals surface area contributed by atoms with Gasteiger partial charge < -0.3 is 10.4 Å². The Hall–Kier alpha value is -2.45. The zero-order valence-corrected chi connectivity index (χ0v) is 11.5. The fourth-order valence-corrected chi connectivity index (χ4v) is 1.58. The van der Waals surface area contributed by atoms with Crippen molar-refractivity contribution in [3.8, 4) is 0 Å². The van der Waals surface area contributed by atoms with Gasteiger partial charge in [-0.2, -0.15) is 0 Å². The van der Waals surface area contributed by atoms with Crippen molar-refractivity contribution in [3.63, 3.8) is 0 Å². The number of amides is 3. The molecule has 9 heteroatoms. The second-order valence-corrected chi connectivity index (χ2v) is 4.57. The summed E-state index contributed by atoms with van der Waals surface area (Å²) in [6.45, 7) is 3.55. The SMILES string of the molecule is CNC(=O)NC(=O)Cn1nnc(C(=O)O)c1CC(C)C. The lowest BCUT2D eigenvalue weighted by Crippen LogP contribution is -2.39. The minimum absolute atomic E-state index is 0.173. The standard InChI is InChI=1S/C11H17N5O4/c1-6(2)4-7-9(10(18)19)14-15-16(7)5-8(17)13-11(20)12-3/h6H,4-5H2,1-3H3,(H,18,19)(H2,12,13,17,20). The monoisotopic (exact) mass is 283 g/mol. The number of aromatic carboxylic acids is 1. The molecule has 1 aromatic heterocycles. The maximum Gasteiger partial charge on any atom is 0.358 e. The molecule has 1 rings (SSSR count). The predicted molar refractivity (Wildman–Crippen MR) is 68.1 cm³/mol. The smallest absolute Gasteiger partial charge is 0.358 e. The number of rotatable bonds is 5. The molecule has 0 spiro atoms. The first-order valence-electron chi connectivity index (χ1n) is 6.02. The number of hydrogen-bond donors (Lipinski definition) is 3. The molecule has 0 bridgehead atoms. The van der Waals surface area contributed by atoms with Crippen LogP contribution in [0.5, 0.6) is 0 Å². The Balaban J connectivity index is 2.91. The van der Waals surface area contributed by atoms with Crippen molar-refractivity contribution in [2.24, 2.45) is 5.92 Å². The van der Waals surface area contributed by atoms with E-state index >= 15 is 0 Å². The first-order valence-corrected chi connectivity index (χ1v) is 6.02. The van der Waals surface area contributed by atoms with Crippen LogP contribution in [0.2, 0.25) is 0 Å². The van der Waals surface area contributed by atoms with Crippen molar-refractivity contribution in [2.45, 2.75) is 26.8 Å². The van der Waals surface area contributed by atoms with E-state index in [1.54, 1.807) is 0 Å². The van der Waals surface area contributed by atoms with Crippen LogP contribution in [0.25, 0.3) is 0 Å². The summed E-state index contributed by atoms with van der Waals surface area (Å²) in [5.74, 6) is -1.62. The Morgan fingerprint density at radius 1 is 1.35 bits per heavy atom. The number of urea groups is 1. The molecule has 1 heterocycles. The van der Waals surface area contributed by atoms with Crippen molar-refractivity contribution in [2.75, 3.05) is 7.05 Å². The van der Waals surface area contributed by atoms with E-state index in [0.717, 1.165) is 0 Å². The Labute approximate surface area is 115 Å². The first-order chi connectivity index (χ1) is 9.35. The minimum Gasteiger partial charge on any atom is -0.476 e. The van der Waals surface area contributed by atoms with E-state index in [1.807, 2.05) is 13.8 Å². The molecular formula is C11H17N5O4. The van der Waals surface area contributed by atoms with Gasteiger partial charge in [0.25, 0.3) is 0 Å². The third kappa shape index (κ3) is 4.04. The molecule has 0 radical (unpaired) electrons.